The summed E-state index contributed by atoms with van der Waals surface area (Å²) in [6, 6.07) is 4.79. The molecule has 0 radical (unpaired) electrons. The van der Waals surface area contributed by atoms with E-state index in [-0.39, 0.29) is 5.91 Å². The highest BCUT2D eigenvalue weighted by Crippen LogP contribution is 2.17. The minimum absolute atomic E-state index is 0.255. The summed E-state index contributed by atoms with van der Waals surface area (Å²) in [5, 5.41) is 9.65. The molecule has 0 spiro atoms. The fourth-order valence-corrected chi connectivity index (χ4v) is 1.64. The first kappa shape index (κ1) is 12.4. The molecule has 1 aromatic carbocycles. The Morgan fingerprint density at radius 1 is 1.50 bits per heavy atom. The van der Waals surface area contributed by atoms with Crippen molar-refractivity contribution in [3.8, 4) is 0 Å². The number of nitrogens with zero attached hydrogens (tertiary/aromatic N) is 2. The molecule has 1 amide bonds. The van der Waals surface area contributed by atoms with Crippen LogP contribution in [0.3, 0.4) is 0 Å². The molecule has 0 bridgehead atoms. The SMILES string of the molecule is Nc1ccc(Cl)cc1C(=O)NCCc1ncn[nH]1. The second kappa shape index (κ2) is 5.50. The fourth-order valence-electron chi connectivity index (χ4n) is 1.47. The first-order valence-corrected chi connectivity index (χ1v) is 5.72. The lowest BCUT2D eigenvalue weighted by molar-refractivity contribution is 0.0955. The molecule has 0 aliphatic rings. The number of amides is 1. The molecular weight excluding hydrogens is 254 g/mol. The largest absolute Gasteiger partial charge is 0.398 e. The molecule has 0 aliphatic heterocycles. The molecule has 6 nitrogen and oxygen atoms in total. The lowest BCUT2D eigenvalue weighted by atomic mass is 10.1. The van der Waals surface area contributed by atoms with Crippen LogP contribution in [-0.2, 0) is 6.42 Å². The summed E-state index contributed by atoms with van der Waals surface area (Å²) >= 11 is 5.82. The van der Waals surface area contributed by atoms with Crippen molar-refractivity contribution in [2.24, 2.45) is 0 Å². The number of aromatic nitrogens is 3. The highest BCUT2D eigenvalue weighted by atomic mass is 35.5. The molecule has 1 aromatic heterocycles. The summed E-state index contributed by atoms with van der Waals surface area (Å²) in [5.41, 5.74) is 6.48. The molecule has 0 saturated carbocycles. The smallest absolute Gasteiger partial charge is 0.253 e. The van der Waals surface area contributed by atoms with Crippen LogP contribution in [0.15, 0.2) is 24.5 Å². The van der Waals surface area contributed by atoms with E-state index in [1.807, 2.05) is 0 Å². The van der Waals surface area contributed by atoms with Crippen LogP contribution in [0.2, 0.25) is 5.02 Å². The van der Waals surface area contributed by atoms with Gasteiger partial charge in [-0.3, -0.25) is 9.89 Å². The monoisotopic (exact) mass is 265 g/mol. The number of benzene rings is 1. The summed E-state index contributed by atoms with van der Waals surface area (Å²) in [6.07, 6.45) is 2.00. The third kappa shape index (κ3) is 2.98. The van der Waals surface area contributed by atoms with Gasteiger partial charge in [-0.15, -0.1) is 0 Å². The van der Waals surface area contributed by atoms with Crippen LogP contribution < -0.4 is 11.1 Å². The first-order valence-electron chi connectivity index (χ1n) is 5.34. The van der Waals surface area contributed by atoms with Crippen LogP contribution in [0.1, 0.15) is 16.2 Å². The molecule has 0 aliphatic carbocycles. The number of anilines is 1. The van der Waals surface area contributed by atoms with Crippen molar-refractivity contribution < 1.29 is 4.79 Å². The lowest BCUT2D eigenvalue weighted by Gasteiger charge is -2.07. The van der Waals surface area contributed by atoms with Gasteiger partial charge in [0.05, 0.1) is 5.56 Å². The van der Waals surface area contributed by atoms with Crippen molar-refractivity contribution in [2.45, 2.75) is 6.42 Å². The van der Waals surface area contributed by atoms with Gasteiger partial charge in [0.25, 0.3) is 5.91 Å². The Balaban J connectivity index is 1.93. The van der Waals surface area contributed by atoms with E-state index in [0.29, 0.717) is 29.2 Å². The Morgan fingerprint density at radius 3 is 3.06 bits per heavy atom. The summed E-state index contributed by atoms with van der Waals surface area (Å²) in [5.74, 6) is 0.462. The zero-order valence-corrected chi connectivity index (χ0v) is 10.2. The van der Waals surface area contributed by atoms with E-state index in [9.17, 15) is 4.79 Å². The molecule has 0 unspecified atom stereocenters. The standard InChI is InChI=1S/C11H12ClN5O/c12-7-1-2-9(13)8(5-7)11(18)14-4-3-10-15-6-16-17-10/h1-2,5-6H,3-4,13H2,(H,14,18)(H,15,16,17). The minimum atomic E-state index is -0.255. The number of rotatable bonds is 4. The molecule has 0 atom stereocenters. The van der Waals surface area contributed by atoms with Crippen LogP contribution in [0, 0.1) is 0 Å². The molecule has 1 heterocycles. The summed E-state index contributed by atoms with van der Waals surface area (Å²) in [7, 11) is 0. The average molecular weight is 266 g/mol. The second-order valence-corrected chi connectivity index (χ2v) is 4.11. The van der Waals surface area contributed by atoms with Crippen LogP contribution >= 0.6 is 11.6 Å². The number of carbonyl (C=O) groups excluding carboxylic acids is 1. The molecule has 0 saturated heterocycles. The molecule has 2 rings (SSSR count). The molecule has 2 aromatic rings. The van der Waals surface area contributed by atoms with Gasteiger partial charge < -0.3 is 11.1 Å². The number of halogens is 1. The Bertz CT molecular complexity index is 540. The maximum atomic E-state index is 11.9. The van der Waals surface area contributed by atoms with Crippen molar-refractivity contribution in [2.75, 3.05) is 12.3 Å². The number of aromatic amines is 1. The number of H-pyrrole nitrogens is 1. The molecule has 94 valence electrons. The van der Waals surface area contributed by atoms with E-state index >= 15 is 0 Å². The highest BCUT2D eigenvalue weighted by Gasteiger charge is 2.09. The van der Waals surface area contributed by atoms with Gasteiger partial charge in [-0.1, -0.05) is 11.6 Å². The Morgan fingerprint density at radius 2 is 2.33 bits per heavy atom. The van der Waals surface area contributed by atoms with E-state index in [4.69, 9.17) is 17.3 Å². The Kier molecular flexibility index (Phi) is 3.78. The van der Waals surface area contributed by atoms with Crippen LogP contribution in [0.5, 0.6) is 0 Å². The normalized spacial score (nSPS) is 10.3. The Hall–Kier alpha value is -2.08. The number of carbonyl (C=O) groups is 1. The molecule has 0 fully saturated rings. The van der Waals surface area contributed by atoms with Gasteiger partial charge in [0.15, 0.2) is 0 Å². The van der Waals surface area contributed by atoms with Crippen molar-refractivity contribution in [1.29, 1.82) is 0 Å². The quantitative estimate of drug-likeness (QED) is 0.719. The van der Waals surface area contributed by atoms with Gasteiger partial charge >= 0.3 is 0 Å². The van der Waals surface area contributed by atoms with Gasteiger partial charge in [0, 0.05) is 23.7 Å². The maximum Gasteiger partial charge on any atom is 0.253 e. The van der Waals surface area contributed by atoms with Crippen molar-refractivity contribution >= 4 is 23.2 Å². The average Bonchev–Trinajstić information content (AvgIpc) is 2.85. The fraction of sp³-hybridized carbons (Fsp3) is 0.182. The molecular formula is C11H12ClN5O. The first-order chi connectivity index (χ1) is 8.66. The summed E-state index contributed by atoms with van der Waals surface area (Å²) in [4.78, 5) is 15.8. The van der Waals surface area contributed by atoms with Gasteiger partial charge in [-0.05, 0) is 18.2 Å². The third-order valence-electron chi connectivity index (χ3n) is 2.37. The lowest BCUT2D eigenvalue weighted by Crippen LogP contribution is -2.26. The van der Waals surface area contributed by atoms with Crippen LogP contribution in [0.25, 0.3) is 0 Å². The summed E-state index contributed by atoms with van der Waals surface area (Å²) in [6.45, 7) is 0.444. The zero-order chi connectivity index (χ0) is 13.0. The maximum absolute atomic E-state index is 11.9. The van der Waals surface area contributed by atoms with Crippen molar-refractivity contribution in [3.63, 3.8) is 0 Å². The van der Waals surface area contributed by atoms with Crippen molar-refractivity contribution in [1.82, 2.24) is 20.5 Å². The second-order valence-electron chi connectivity index (χ2n) is 3.67. The highest BCUT2D eigenvalue weighted by molar-refractivity contribution is 6.31. The Labute approximate surface area is 109 Å². The number of nitrogen functional groups attached to an aromatic ring is 1. The number of hydrogen-bond acceptors (Lipinski definition) is 4. The van der Waals surface area contributed by atoms with E-state index in [0.717, 1.165) is 5.82 Å². The topological polar surface area (TPSA) is 96.7 Å². The predicted octanol–water partition coefficient (Wildman–Crippen LogP) is 1.01. The van der Waals surface area contributed by atoms with E-state index in [2.05, 4.69) is 20.5 Å². The van der Waals surface area contributed by atoms with Gasteiger partial charge in [0.1, 0.15) is 12.2 Å². The van der Waals surface area contributed by atoms with Gasteiger partial charge in [0.2, 0.25) is 0 Å². The van der Waals surface area contributed by atoms with Gasteiger partial charge in [-0.25, -0.2) is 4.98 Å². The van der Waals surface area contributed by atoms with Gasteiger partial charge in [-0.2, -0.15) is 5.10 Å². The van der Waals surface area contributed by atoms with Crippen LogP contribution in [0.4, 0.5) is 5.69 Å². The van der Waals surface area contributed by atoms with Crippen LogP contribution in [-0.4, -0.2) is 27.6 Å². The number of hydrogen-bond donors (Lipinski definition) is 3. The minimum Gasteiger partial charge on any atom is -0.398 e. The van der Waals surface area contributed by atoms with Crippen molar-refractivity contribution in [3.05, 3.63) is 40.9 Å². The third-order valence-corrected chi connectivity index (χ3v) is 2.61. The number of nitrogens with one attached hydrogen (secondary N) is 2. The molecule has 4 N–H and O–H groups in total. The van der Waals surface area contributed by atoms with E-state index in [1.54, 1.807) is 18.2 Å². The van der Waals surface area contributed by atoms with E-state index < -0.39 is 0 Å². The summed E-state index contributed by atoms with van der Waals surface area (Å²) < 4.78 is 0. The van der Waals surface area contributed by atoms with E-state index in [1.165, 1.54) is 6.33 Å². The zero-order valence-electron chi connectivity index (χ0n) is 9.48. The molecule has 18 heavy (non-hydrogen) atoms. The number of nitrogens with two attached hydrogens (primary N) is 1. The molecule has 7 heteroatoms. The predicted molar refractivity (Wildman–Crippen MR) is 68.3 cm³/mol.